The van der Waals surface area contributed by atoms with Crippen LogP contribution in [0, 0.1) is 0 Å². The monoisotopic (exact) mass is 231 g/mol. The molecule has 0 aromatic rings. The molecule has 16 heavy (non-hydrogen) atoms. The van der Waals surface area contributed by atoms with Crippen molar-refractivity contribution in [2.45, 2.75) is 57.6 Å². The van der Waals surface area contributed by atoms with Gasteiger partial charge in [0.25, 0.3) is 0 Å². The molecule has 0 amide bonds. The Bertz CT molecular complexity index is 267. The second kappa shape index (κ2) is 3.92. The minimum atomic E-state index is -0.592. The highest BCUT2D eigenvalue weighted by molar-refractivity contribution is 4.90. The fourth-order valence-electron chi connectivity index (χ4n) is 2.24. The third-order valence-corrected chi connectivity index (χ3v) is 2.85. The van der Waals surface area contributed by atoms with E-state index in [2.05, 4.69) is 0 Å². The molecule has 0 aromatic carbocycles. The van der Waals surface area contributed by atoms with Crippen molar-refractivity contribution in [3.8, 4) is 0 Å². The summed E-state index contributed by atoms with van der Waals surface area (Å²) in [6.45, 7) is 8.51. The molecule has 0 spiro atoms. The number of nitrogens with two attached hydrogens (primary N) is 1. The molecule has 2 aliphatic rings. The fourth-order valence-corrected chi connectivity index (χ4v) is 2.24. The highest BCUT2D eigenvalue weighted by Crippen LogP contribution is 2.34. The van der Waals surface area contributed by atoms with Crippen LogP contribution in [-0.4, -0.2) is 43.0 Å². The van der Waals surface area contributed by atoms with E-state index in [1.54, 1.807) is 0 Å². The molecule has 2 saturated heterocycles. The van der Waals surface area contributed by atoms with Gasteiger partial charge in [0.05, 0.1) is 6.61 Å². The SMILES string of the molecule is CC1(C)OCC(C2OC(C)(C)OC2CN)O1. The highest BCUT2D eigenvalue weighted by Gasteiger charge is 2.49. The topological polar surface area (TPSA) is 62.9 Å². The van der Waals surface area contributed by atoms with Crippen LogP contribution in [0.2, 0.25) is 0 Å². The Balaban J connectivity index is 2.04. The fraction of sp³-hybridized carbons (Fsp3) is 1.00. The number of rotatable bonds is 2. The normalized spacial score (nSPS) is 41.4. The van der Waals surface area contributed by atoms with E-state index in [-0.39, 0.29) is 18.3 Å². The van der Waals surface area contributed by atoms with Gasteiger partial charge in [0, 0.05) is 6.54 Å². The Hall–Kier alpha value is -0.200. The molecule has 2 heterocycles. The van der Waals surface area contributed by atoms with E-state index in [0.29, 0.717) is 13.2 Å². The first-order valence-corrected chi connectivity index (χ1v) is 5.70. The van der Waals surface area contributed by atoms with E-state index in [0.717, 1.165) is 0 Å². The zero-order chi connectivity index (χ0) is 12.0. The van der Waals surface area contributed by atoms with Crippen LogP contribution in [0.4, 0.5) is 0 Å². The second-order valence-corrected chi connectivity index (χ2v) is 5.24. The van der Waals surface area contributed by atoms with Crippen molar-refractivity contribution >= 4 is 0 Å². The first-order chi connectivity index (χ1) is 7.33. The molecule has 3 atom stereocenters. The predicted octanol–water partition coefficient (Wildman–Crippen LogP) is 0.617. The molecule has 0 bridgehead atoms. The Kier molecular flexibility index (Phi) is 3.01. The van der Waals surface area contributed by atoms with Gasteiger partial charge in [0.1, 0.15) is 18.3 Å². The largest absolute Gasteiger partial charge is 0.348 e. The highest BCUT2D eigenvalue weighted by atomic mass is 16.8. The summed E-state index contributed by atoms with van der Waals surface area (Å²) in [6.07, 6.45) is -0.385. The van der Waals surface area contributed by atoms with Gasteiger partial charge < -0.3 is 24.7 Å². The van der Waals surface area contributed by atoms with E-state index in [1.807, 2.05) is 27.7 Å². The lowest BCUT2D eigenvalue weighted by atomic mass is 10.1. The van der Waals surface area contributed by atoms with E-state index in [9.17, 15) is 0 Å². The van der Waals surface area contributed by atoms with E-state index >= 15 is 0 Å². The predicted molar refractivity (Wildman–Crippen MR) is 57.8 cm³/mol. The standard InChI is InChI=1S/C11H21NO4/c1-10(2)13-6-8(15-10)9-7(5-12)14-11(3,4)16-9/h7-9H,5-6,12H2,1-4H3. The summed E-state index contributed by atoms with van der Waals surface area (Å²) >= 11 is 0. The Labute approximate surface area is 96.2 Å². The van der Waals surface area contributed by atoms with Gasteiger partial charge >= 0.3 is 0 Å². The smallest absolute Gasteiger partial charge is 0.163 e. The maximum atomic E-state index is 5.82. The van der Waals surface area contributed by atoms with E-state index in [4.69, 9.17) is 24.7 Å². The van der Waals surface area contributed by atoms with Gasteiger partial charge in [-0.2, -0.15) is 0 Å². The molecule has 0 aromatic heterocycles. The van der Waals surface area contributed by atoms with Gasteiger partial charge in [-0.05, 0) is 27.7 Å². The summed E-state index contributed by atoms with van der Waals surface area (Å²) in [5.74, 6) is -1.13. The van der Waals surface area contributed by atoms with E-state index < -0.39 is 11.6 Å². The van der Waals surface area contributed by atoms with Crippen molar-refractivity contribution in [2.24, 2.45) is 5.73 Å². The van der Waals surface area contributed by atoms with Gasteiger partial charge in [-0.3, -0.25) is 0 Å². The molecule has 0 radical (unpaired) electrons. The Morgan fingerprint density at radius 1 is 1.06 bits per heavy atom. The molecule has 2 fully saturated rings. The first-order valence-electron chi connectivity index (χ1n) is 5.70. The van der Waals surface area contributed by atoms with Crippen molar-refractivity contribution in [2.75, 3.05) is 13.2 Å². The molecule has 94 valence electrons. The number of hydrogen-bond donors (Lipinski definition) is 1. The lowest BCUT2D eigenvalue weighted by Crippen LogP contribution is -2.41. The minimum absolute atomic E-state index is 0.106. The molecule has 2 aliphatic heterocycles. The van der Waals surface area contributed by atoms with Gasteiger partial charge in [0.2, 0.25) is 0 Å². The molecule has 3 unspecified atom stereocenters. The summed E-state index contributed by atoms with van der Waals surface area (Å²) in [5, 5.41) is 0. The van der Waals surface area contributed by atoms with Crippen LogP contribution in [0.1, 0.15) is 27.7 Å². The molecule has 5 nitrogen and oxygen atoms in total. The minimum Gasteiger partial charge on any atom is -0.348 e. The number of hydrogen-bond acceptors (Lipinski definition) is 5. The van der Waals surface area contributed by atoms with Crippen LogP contribution in [0.5, 0.6) is 0 Å². The summed E-state index contributed by atoms with van der Waals surface area (Å²) in [4.78, 5) is 0. The van der Waals surface area contributed by atoms with Crippen molar-refractivity contribution in [1.82, 2.24) is 0 Å². The average molecular weight is 231 g/mol. The van der Waals surface area contributed by atoms with Crippen LogP contribution in [0.25, 0.3) is 0 Å². The summed E-state index contributed by atoms with van der Waals surface area (Å²) in [6, 6.07) is 0. The summed E-state index contributed by atoms with van der Waals surface area (Å²) < 4.78 is 22.8. The average Bonchev–Trinajstić information content (AvgIpc) is 2.65. The molecule has 2 N–H and O–H groups in total. The van der Waals surface area contributed by atoms with Gasteiger partial charge in [0.15, 0.2) is 11.6 Å². The van der Waals surface area contributed by atoms with Crippen LogP contribution in [0.3, 0.4) is 0 Å². The zero-order valence-electron chi connectivity index (χ0n) is 10.4. The van der Waals surface area contributed by atoms with Crippen LogP contribution in [-0.2, 0) is 18.9 Å². The van der Waals surface area contributed by atoms with Crippen molar-refractivity contribution in [1.29, 1.82) is 0 Å². The third kappa shape index (κ3) is 2.38. The first kappa shape index (κ1) is 12.3. The Morgan fingerprint density at radius 2 is 1.75 bits per heavy atom. The Morgan fingerprint density at radius 3 is 2.25 bits per heavy atom. The molecular formula is C11H21NO4. The molecule has 2 rings (SSSR count). The maximum Gasteiger partial charge on any atom is 0.163 e. The van der Waals surface area contributed by atoms with E-state index in [1.165, 1.54) is 0 Å². The summed E-state index contributed by atoms with van der Waals surface area (Å²) in [7, 11) is 0. The summed E-state index contributed by atoms with van der Waals surface area (Å²) in [5.41, 5.74) is 5.68. The maximum absolute atomic E-state index is 5.82. The van der Waals surface area contributed by atoms with Crippen LogP contribution in [0.15, 0.2) is 0 Å². The number of ether oxygens (including phenoxy) is 4. The third-order valence-electron chi connectivity index (χ3n) is 2.85. The van der Waals surface area contributed by atoms with Crippen LogP contribution < -0.4 is 5.73 Å². The quantitative estimate of drug-likeness (QED) is 0.754. The lowest BCUT2D eigenvalue weighted by molar-refractivity contribution is -0.174. The van der Waals surface area contributed by atoms with Crippen molar-refractivity contribution in [3.05, 3.63) is 0 Å². The van der Waals surface area contributed by atoms with Crippen molar-refractivity contribution < 1.29 is 18.9 Å². The van der Waals surface area contributed by atoms with Gasteiger partial charge in [-0.1, -0.05) is 0 Å². The second-order valence-electron chi connectivity index (χ2n) is 5.24. The van der Waals surface area contributed by atoms with Gasteiger partial charge in [-0.15, -0.1) is 0 Å². The van der Waals surface area contributed by atoms with Gasteiger partial charge in [-0.25, -0.2) is 0 Å². The van der Waals surface area contributed by atoms with Crippen LogP contribution >= 0.6 is 0 Å². The zero-order valence-corrected chi connectivity index (χ0v) is 10.4. The molecule has 5 heteroatoms. The van der Waals surface area contributed by atoms with Crippen molar-refractivity contribution in [3.63, 3.8) is 0 Å². The lowest BCUT2D eigenvalue weighted by Gasteiger charge is -2.23. The molecular weight excluding hydrogens is 210 g/mol. The molecule has 0 saturated carbocycles. The molecule has 0 aliphatic carbocycles.